The molecule has 130 valence electrons. The maximum absolute atomic E-state index is 10.1. The minimum atomic E-state index is -0.112. The Bertz CT molecular complexity index is 777. The van der Waals surface area contributed by atoms with E-state index in [1.165, 1.54) is 30.5 Å². The fourth-order valence-corrected chi connectivity index (χ4v) is 7.17. The van der Waals surface area contributed by atoms with Crippen LogP contribution in [-0.2, 0) is 11.8 Å². The molecule has 0 saturated heterocycles. The fourth-order valence-electron chi connectivity index (χ4n) is 6.93. The van der Waals surface area contributed by atoms with Crippen LogP contribution in [0.2, 0.25) is 0 Å². The van der Waals surface area contributed by atoms with Crippen LogP contribution in [0.15, 0.2) is 11.6 Å². The average molecular weight is 345 g/mol. The van der Waals surface area contributed by atoms with Gasteiger partial charge >= 0.3 is 0 Å². The molecule has 1 aromatic rings. The van der Waals surface area contributed by atoms with Crippen molar-refractivity contribution >= 4 is 12.2 Å². The maximum atomic E-state index is 10.1. The maximum Gasteiger partial charge on any atom is 0.122 e. The summed E-state index contributed by atoms with van der Waals surface area (Å²) >= 11 is 5.53. The second-order valence-corrected chi connectivity index (χ2v) is 9.66. The summed E-state index contributed by atoms with van der Waals surface area (Å²) in [4.78, 5) is 0. The van der Waals surface area contributed by atoms with E-state index in [4.69, 9.17) is 12.2 Å². The molecule has 0 spiro atoms. The smallest absolute Gasteiger partial charge is 0.122 e. The normalized spacial score (nSPS) is 46.5. The molecule has 6 atom stereocenters. The zero-order valence-corrected chi connectivity index (χ0v) is 15.5. The summed E-state index contributed by atoms with van der Waals surface area (Å²) in [5.74, 6) is 2.27. The molecular formula is C20H28N2OS. The van der Waals surface area contributed by atoms with Gasteiger partial charge in [0.2, 0.25) is 0 Å². The highest BCUT2D eigenvalue weighted by Crippen LogP contribution is 2.63. The van der Waals surface area contributed by atoms with E-state index in [0.717, 1.165) is 48.1 Å². The molecule has 3 N–H and O–H groups in total. The lowest BCUT2D eigenvalue weighted by Gasteiger charge is -2.57. The van der Waals surface area contributed by atoms with Crippen molar-refractivity contribution in [3.8, 4) is 0 Å². The molecule has 2 saturated carbocycles. The average Bonchev–Trinajstić information content (AvgIpc) is 3.06. The molecule has 0 radical (unpaired) electrons. The van der Waals surface area contributed by atoms with E-state index in [9.17, 15) is 5.11 Å². The summed E-state index contributed by atoms with van der Waals surface area (Å²) in [5.41, 5.74) is 4.93. The van der Waals surface area contributed by atoms with Crippen molar-refractivity contribution in [3.05, 3.63) is 27.5 Å². The van der Waals surface area contributed by atoms with Gasteiger partial charge in [-0.3, -0.25) is 5.10 Å². The van der Waals surface area contributed by atoms with E-state index in [0.29, 0.717) is 5.41 Å². The standard InChI is InChI=1S/C20H28N2OS/c1-19-7-5-12(23)9-11(19)3-4-13-15(19)6-8-20(2)16(13)10-14-17(20)21-22-18(14)24/h3,12-13,15-16,23H,4-10H2,1-2H3,(H2,21,22,24)/t12-,13+,15-,16-,19-,20-/m0/s1. The Morgan fingerprint density at radius 3 is 2.71 bits per heavy atom. The molecule has 5 rings (SSSR count). The van der Waals surface area contributed by atoms with E-state index in [2.05, 4.69) is 30.1 Å². The summed E-state index contributed by atoms with van der Waals surface area (Å²) in [6, 6.07) is 0. The second kappa shape index (κ2) is 4.85. The highest BCUT2D eigenvalue weighted by Gasteiger charge is 2.58. The van der Waals surface area contributed by atoms with Crippen molar-refractivity contribution in [3.63, 3.8) is 0 Å². The highest BCUT2D eigenvalue weighted by molar-refractivity contribution is 7.71. The van der Waals surface area contributed by atoms with Gasteiger partial charge in [-0.25, -0.2) is 0 Å². The van der Waals surface area contributed by atoms with Crippen molar-refractivity contribution in [1.82, 2.24) is 10.2 Å². The van der Waals surface area contributed by atoms with Crippen LogP contribution in [0.5, 0.6) is 0 Å². The van der Waals surface area contributed by atoms with Crippen LogP contribution in [-0.4, -0.2) is 21.4 Å². The molecular weight excluding hydrogens is 316 g/mol. The number of rotatable bonds is 0. The lowest BCUT2D eigenvalue weighted by atomic mass is 9.48. The second-order valence-electron chi connectivity index (χ2n) is 9.25. The van der Waals surface area contributed by atoms with Gasteiger partial charge < -0.3 is 10.2 Å². The molecule has 4 heteroatoms. The van der Waals surface area contributed by atoms with Gasteiger partial charge in [0.15, 0.2) is 0 Å². The number of aromatic nitrogens is 2. The third-order valence-corrected chi connectivity index (χ3v) is 8.69. The number of aliphatic hydroxyl groups excluding tert-OH is 1. The number of hydrogen-bond acceptors (Lipinski definition) is 2. The zero-order chi connectivity index (χ0) is 16.7. The first-order chi connectivity index (χ1) is 11.4. The molecule has 0 amide bonds. The predicted octanol–water partition coefficient (Wildman–Crippen LogP) is 4.41. The Kier molecular flexibility index (Phi) is 3.11. The molecule has 0 aromatic carbocycles. The lowest BCUT2D eigenvalue weighted by Crippen LogP contribution is -2.51. The summed E-state index contributed by atoms with van der Waals surface area (Å²) in [6.07, 6.45) is 10.4. The Morgan fingerprint density at radius 1 is 1.08 bits per heavy atom. The quantitative estimate of drug-likeness (QED) is 0.482. The van der Waals surface area contributed by atoms with Crippen LogP contribution in [0.3, 0.4) is 0 Å². The topological polar surface area (TPSA) is 51.8 Å². The highest BCUT2D eigenvalue weighted by atomic mass is 32.1. The van der Waals surface area contributed by atoms with Gasteiger partial charge in [0, 0.05) is 16.7 Å². The Morgan fingerprint density at radius 2 is 1.88 bits per heavy atom. The van der Waals surface area contributed by atoms with Crippen LogP contribution in [0.25, 0.3) is 0 Å². The third-order valence-electron chi connectivity index (χ3n) is 8.34. The Labute approximate surface area is 148 Å². The summed E-state index contributed by atoms with van der Waals surface area (Å²) in [7, 11) is 0. The van der Waals surface area contributed by atoms with Crippen LogP contribution in [0.1, 0.15) is 63.6 Å². The first-order valence-corrected chi connectivity index (χ1v) is 10.0. The van der Waals surface area contributed by atoms with Gasteiger partial charge in [-0.2, -0.15) is 0 Å². The SMILES string of the molecule is C[C@]12CC[C@H](O)CC1=CC[C@@H]1[C@@H]2CC[C@]2(C)c3[nH][nH]c(=S)c3C[C@@H]12. The molecule has 0 aliphatic heterocycles. The number of nitrogens with one attached hydrogen (secondary N) is 2. The van der Waals surface area contributed by atoms with Crippen molar-refractivity contribution in [2.45, 2.75) is 70.3 Å². The summed E-state index contributed by atoms with van der Waals surface area (Å²) < 4.78 is 0.927. The zero-order valence-electron chi connectivity index (χ0n) is 14.7. The van der Waals surface area contributed by atoms with Gasteiger partial charge in [0.1, 0.15) is 4.64 Å². The van der Waals surface area contributed by atoms with Gasteiger partial charge in [0.25, 0.3) is 0 Å². The number of fused-ring (bicyclic) bond motifs is 7. The van der Waals surface area contributed by atoms with Gasteiger partial charge in [0.05, 0.1) is 6.10 Å². The third kappa shape index (κ3) is 1.79. The van der Waals surface area contributed by atoms with E-state index in [1.54, 1.807) is 5.57 Å². The minimum absolute atomic E-state index is 0.112. The summed E-state index contributed by atoms with van der Waals surface area (Å²) in [5, 5.41) is 16.7. The number of aromatic amines is 2. The first kappa shape index (κ1) is 15.4. The van der Waals surface area contributed by atoms with Crippen molar-refractivity contribution in [2.24, 2.45) is 23.2 Å². The van der Waals surface area contributed by atoms with Crippen LogP contribution < -0.4 is 0 Å². The summed E-state index contributed by atoms with van der Waals surface area (Å²) in [6.45, 7) is 4.95. The number of aliphatic hydroxyl groups is 1. The predicted molar refractivity (Wildman–Crippen MR) is 97.4 cm³/mol. The van der Waals surface area contributed by atoms with Gasteiger partial charge in [-0.05, 0) is 68.1 Å². The lowest BCUT2D eigenvalue weighted by molar-refractivity contribution is -0.0172. The monoisotopic (exact) mass is 344 g/mol. The van der Waals surface area contributed by atoms with E-state index in [-0.39, 0.29) is 11.5 Å². The molecule has 4 aliphatic carbocycles. The molecule has 1 heterocycles. The Hall–Kier alpha value is -0.870. The first-order valence-electron chi connectivity index (χ1n) is 9.61. The molecule has 1 aromatic heterocycles. The molecule has 0 unspecified atom stereocenters. The largest absolute Gasteiger partial charge is 0.393 e. The fraction of sp³-hybridized carbons (Fsp3) is 0.750. The van der Waals surface area contributed by atoms with Crippen LogP contribution in [0, 0.1) is 27.8 Å². The van der Waals surface area contributed by atoms with Crippen molar-refractivity contribution in [2.75, 3.05) is 0 Å². The van der Waals surface area contributed by atoms with Crippen molar-refractivity contribution in [1.29, 1.82) is 0 Å². The number of H-pyrrole nitrogens is 2. The van der Waals surface area contributed by atoms with Gasteiger partial charge in [-0.1, -0.05) is 37.7 Å². The molecule has 24 heavy (non-hydrogen) atoms. The van der Waals surface area contributed by atoms with Crippen molar-refractivity contribution < 1.29 is 5.11 Å². The molecule has 4 aliphatic rings. The van der Waals surface area contributed by atoms with Crippen LogP contribution >= 0.6 is 12.2 Å². The molecule has 3 nitrogen and oxygen atoms in total. The number of allylic oxidation sites excluding steroid dienone is 1. The molecule has 0 bridgehead atoms. The van der Waals surface area contributed by atoms with Crippen LogP contribution in [0.4, 0.5) is 0 Å². The van der Waals surface area contributed by atoms with Gasteiger partial charge in [-0.15, -0.1) is 0 Å². The number of hydrogen-bond donors (Lipinski definition) is 3. The molecule has 2 fully saturated rings. The van der Waals surface area contributed by atoms with E-state index < -0.39 is 0 Å². The van der Waals surface area contributed by atoms with E-state index >= 15 is 0 Å². The minimum Gasteiger partial charge on any atom is -0.393 e. The Balaban J connectivity index is 1.55. The van der Waals surface area contributed by atoms with E-state index in [1.807, 2.05) is 0 Å².